The van der Waals surface area contributed by atoms with Crippen LogP contribution in [-0.2, 0) is 9.59 Å². The van der Waals surface area contributed by atoms with Gasteiger partial charge in [0.1, 0.15) is 5.75 Å². The maximum absolute atomic E-state index is 13.5. The number of carbonyl (C=O) groups is 2. The molecule has 1 aliphatic carbocycles. The first-order valence-electron chi connectivity index (χ1n) is 10.3. The zero-order valence-electron chi connectivity index (χ0n) is 17.8. The third kappa shape index (κ3) is 3.87. The van der Waals surface area contributed by atoms with Crippen LogP contribution >= 0.6 is 0 Å². The van der Waals surface area contributed by atoms with Crippen LogP contribution < -0.4 is 15.4 Å². The number of nitrogens with zero attached hydrogens (tertiary/aromatic N) is 1. The molecule has 2 aromatic rings. The number of para-hydroxylation sites is 2. The van der Waals surface area contributed by atoms with Gasteiger partial charge in [-0.05, 0) is 37.5 Å². The minimum atomic E-state index is -0.616. The SMILES string of the molecule is COc1ccccc1NC(=O)C1=C(C)NC2=C(C(=O)CCC2)C1c1ccc([N+](=O)[O-])cc1. The van der Waals surface area contributed by atoms with Gasteiger partial charge in [0.05, 0.1) is 17.7 Å². The monoisotopic (exact) mass is 433 g/mol. The molecule has 0 saturated carbocycles. The summed E-state index contributed by atoms with van der Waals surface area (Å²) in [4.78, 5) is 37.1. The third-order valence-corrected chi connectivity index (χ3v) is 5.81. The maximum Gasteiger partial charge on any atom is 0.269 e. The maximum atomic E-state index is 13.5. The van der Waals surface area contributed by atoms with Crippen LogP contribution in [0, 0.1) is 10.1 Å². The molecule has 0 aromatic heterocycles. The lowest BCUT2D eigenvalue weighted by atomic mass is 9.75. The van der Waals surface area contributed by atoms with Crippen molar-refractivity contribution >= 4 is 23.1 Å². The fraction of sp³-hybridized carbons (Fsp3) is 0.250. The standard InChI is InChI=1S/C24H23N3O5/c1-14-21(24(29)26-17-6-3-4-9-20(17)32-2)22(15-10-12-16(13-11-15)27(30)31)23-18(25-14)7-5-8-19(23)28/h3-4,6,9-13,22,25H,5,7-8H2,1-2H3,(H,26,29). The van der Waals surface area contributed by atoms with Crippen LogP contribution in [0.1, 0.15) is 37.7 Å². The van der Waals surface area contributed by atoms with Crippen LogP contribution in [0.4, 0.5) is 11.4 Å². The largest absolute Gasteiger partial charge is 0.495 e. The highest BCUT2D eigenvalue weighted by molar-refractivity contribution is 6.10. The molecule has 164 valence electrons. The number of amides is 1. The molecule has 2 aromatic carbocycles. The van der Waals surface area contributed by atoms with Gasteiger partial charge in [0, 0.05) is 47.0 Å². The van der Waals surface area contributed by atoms with Crippen molar-refractivity contribution in [1.82, 2.24) is 5.32 Å². The molecule has 0 saturated heterocycles. The Kier molecular flexibility index (Phi) is 5.77. The summed E-state index contributed by atoms with van der Waals surface area (Å²) in [6, 6.07) is 13.1. The van der Waals surface area contributed by atoms with Crippen LogP contribution in [0.25, 0.3) is 0 Å². The normalized spacial score (nSPS) is 18.1. The number of rotatable bonds is 5. The van der Waals surface area contributed by atoms with Gasteiger partial charge < -0.3 is 15.4 Å². The summed E-state index contributed by atoms with van der Waals surface area (Å²) in [5.74, 6) is -0.483. The molecular weight excluding hydrogens is 410 g/mol. The second-order valence-corrected chi connectivity index (χ2v) is 7.77. The first-order valence-corrected chi connectivity index (χ1v) is 10.3. The molecule has 1 unspecified atom stereocenters. The Bertz CT molecular complexity index is 1160. The van der Waals surface area contributed by atoms with Gasteiger partial charge in [0.2, 0.25) is 0 Å². The van der Waals surface area contributed by atoms with E-state index in [9.17, 15) is 19.7 Å². The molecule has 1 heterocycles. The zero-order chi connectivity index (χ0) is 22.8. The Hall–Kier alpha value is -3.94. The smallest absolute Gasteiger partial charge is 0.269 e. The number of nitro groups is 1. The predicted octanol–water partition coefficient (Wildman–Crippen LogP) is 4.21. The molecule has 4 rings (SSSR count). The highest BCUT2D eigenvalue weighted by Gasteiger charge is 2.38. The lowest BCUT2D eigenvalue weighted by molar-refractivity contribution is -0.384. The minimum Gasteiger partial charge on any atom is -0.495 e. The first-order chi connectivity index (χ1) is 15.4. The summed E-state index contributed by atoms with van der Waals surface area (Å²) in [5.41, 5.74) is 3.54. The number of nitro benzene ring substituents is 1. The van der Waals surface area contributed by atoms with Crippen molar-refractivity contribution in [2.45, 2.75) is 32.1 Å². The molecule has 2 N–H and O–H groups in total. The number of allylic oxidation sites excluding steroid dienone is 3. The van der Waals surface area contributed by atoms with E-state index in [4.69, 9.17) is 4.74 Å². The number of hydrogen-bond acceptors (Lipinski definition) is 6. The lowest BCUT2D eigenvalue weighted by Crippen LogP contribution is -2.35. The van der Waals surface area contributed by atoms with E-state index in [1.807, 2.05) is 0 Å². The summed E-state index contributed by atoms with van der Waals surface area (Å²) < 4.78 is 5.34. The first kappa shape index (κ1) is 21.3. The van der Waals surface area contributed by atoms with Crippen molar-refractivity contribution in [2.75, 3.05) is 12.4 Å². The molecule has 1 amide bonds. The van der Waals surface area contributed by atoms with E-state index >= 15 is 0 Å². The van der Waals surface area contributed by atoms with Gasteiger partial charge >= 0.3 is 0 Å². The Labute approximate surface area is 185 Å². The molecule has 1 aliphatic heterocycles. The average molecular weight is 433 g/mol. The number of anilines is 1. The van der Waals surface area contributed by atoms with Gasteiger partial charge in [-0.15, -0.1) is 0 Å². The lowest BCUT2D eigenvalue weighted by Gasteiger charge is -2.34. The quantitative estimate of drug-likeness (QED) is 0.540. The molecule has 2 aliphatic rings. The van der Waals surface area contributed by atoms with Crippen molar-refractivity contribution in [1.29, 1.82) is 0 Å². The summed E-state index contributed by atoms with van der Waals surface area (Å²) in [7, 11) is 1.52. The van der Waals surface area contributed by atoms with E-state index in [0.29, 0.717) is 46.7 Å². The number of ketones is 1. The number of carbonyl (C=O) groups excluding carboxylic acids is 2. The van der Waals surface area contributed by atoms with Crippen LogP contribution in [0.2, 0.25) is 0 Å². The number of non-ortho nitro benzene ring substituents is 1. The number of hydrogen-bond donors (Lipinski definition) is 2. The van der Waals surface area contributed by atoms with Crippen molar-refractivity contribution < 1.29 is 19.2 Å². The van der Waals surface area contributed by atoms with Crippen molar-refractivity contribution in [2.24, 2.45) is 0 Å². The highest BCUT2D eigenvalue weighted by Crippen LogP contribution is 2.43. The molecule has 0 fully saturated rings. The average Bonchev–Trinajstić information content (AvgIpc) is 2.78. The number of nitrogens with one attached hydrogen (secondary N) is 2. The van der Waals surface area contributed by atoms with E-state index in [1.54, 1.807) is 43.3 Å². The van der Waals surface area contributed by atoms with Crippen LogP contribution in [0.3, 0.4) is 0 Å². The second kappa shape index (κ2) is 8.66. The number of Topliss-reactive ketones (excluding diaryl/α,β-unsaturated/α-hetero) is 1. The Morgan fingerprint density at radius 2 is 1.88 bits per heavy atom. The fourth-order valence-corrected chi connectivity index (χ4v) is 4.34. The molecule has 0 spiro atoms. The summed E-state index contributed by atoms with van der Waals surface area (Å²) in [5, 5.41) is 17.3. The van der Waals surface area contributed by atoms with E-state index in [1.165, 1.54) is 19.2 Å². The number of ether oxygens (including phenoxy) is 1. The van der Waals surface area contributed by atoms with E-state index in [0.717, 1.165) is 12.1 Å². The van der Waals surface area contributed by atoms with Gasteiger partial charge in [0.15, 0.2) is 5.78 Å². The topological polar surface area (TPSA) is 111 Å². The zero-order valence-corrected chi connectivity index (χ0v) is 17.8. The van der Waals surface area contributed by atoms with E-state index in [2.05, 4.69) is 10.6 Å². The molecule has 32 heavy (non-hydrogen) atoms. The van der Waals surface area contributed by atoms with Gasteiger partial charge in [0.25, 0.3) is 11.6 Å². The number of benzene rings is 2. The Balaban J connectivity index is 1.79. The minimum absolute atomic E-state index is 0.0165. The van der Waals surface area contributed by atoms with Crippen LogP contribution in [-0.4, -0.2) is 23.7 Å². The van der Waals surface area contributed by atoms with E-state index < -0.39 is 10.8 Å². The third-order valence-electron chi connectivity index (χ3n) is 5.81. The number of dihydropyridines is 1. The second-order valence-electron chi connectivity index (χ2n) is 7.77. The summed E-state index contributed by atoms with van der Waals surface area (Å²) in [6.07, 6.45) is 1.86. The van der Waals surface area contributed by atoms with E-state index in [-0.39, 0.29) is 17.4 Å². The van der Waals surface area contributed by atoms with Gasteiger partial charge in [-0.25, -0.2) is 0 Å². The van der Waals surface area contributed by atoms with Gasteiger partial charge in [-0.1, -0.05) is 24.3 Å². The molecule has 8 nitrogen and oxygen atoms in total. The number of methoxy groups -OCH3 is 1. The van der Waals surface area contributed by atoms with Crippen molar-refractivity contribution in [3.05, 3.63) is 86.7 Å². The van der Waals surface area contributed by atoms with Crippen molar-refractivity contribution in [3.63, 3.8) is 0 Å². The Morgan fingerprint density at radius 3 is 2.56 bits per heavy atom. The molecule has 0 bridgehead atoms. The summed E-state index contributed by atoms with van der Waals surface area (Å²) in [6.45, 7) is 1.80. The molecule has 1 atom stereocenters. The molecule has 8 heteroatoms. The van der Waals surface area contributed by atoms with Crippen LogP contribution in [0.15, 0.2) is 71.1 Å². The van der Waals surface area contributed by atoms with Crippen LogP contribution in [0.5, 0.6) is 5.75 Å². The van der Waals surface area contributed by atoms with Gasteiger partial charge in [-0.3, -0.25) is 19.7 Å². The predicted molar refractivity (Wildman–Crippen MR) is 119 cm³/mol. The fourth-order valence-electron chi connectivity index (χ4n) is 4.34. The molecule has 0 radical (unpaired) electrons. The highest BCUT2D eigenvalue weighted by atomic mass is 16.6. The van der Waals surface area contributed by atoms with Gasteiger partial charge in [-0.2, -0.15) is 0 Å². The summed E-state index contributed by atoms with van der Waals surface area (Å²) >= 11 is 0. The Morgan fingerprint density at radius 1 is 1.16 bits per heavy atom. The molecular formula is C24H23N3O5. The van der Waals surface area contributed by atoms with Crippen molar-refractivity contribution in [3.8, 4) is 5.75 Å².